The molecule has 6 nitrogen and oxygen atoms in total. The summed E-state index contributed by atoms with van der Waals surface area (Å²) in [5, 5.41) is 9.61. The van der Waals surface area contributed by atoms with E-state index in [1.807, 2.05) is 0 Å². The van der Waals surface area contributed by atoms with E-state index < -0.39 is 17.6 Å². The number of benzene rings is 1. The first-order chi connectivity index (χ1) is 10.0. The molecule has 0 fully saturated rings. The number of ether oxygens (including phenoxy) is 1. The van der Waals surface area contributed by atoms with Crippen LogP contribution in [0.5, 0.6) is 0 Å². The normalized spacial score (nSPS) is 10.2. The van der Waals surface area contributed by atoms with Gasteiger partial charge in [0.15, 0.2) is 11.4 Å². The molecule has 0 aliphatic carbocycles. The van der Waals surface area contributed by atoms with E-state index in [1.165, 1.54) is 6.20 Å². The maximum atomic E-state index is 11.8. The number of carbonyl (C=O) groups is 2. The van der Waals surface area contributed by atoms with Crippen LogP contribution < -0.4 is 0 Å². The number of aromatic nitrogens is 2. The molecule has 1 aromatic heterocycles. The second-order valence-corrected chi connectivity index (χ2v) is 4.42. The molecule has 0 aliphatic heterocycles. The average molecular weight is 307 g/mol. The van der Waals surface area contributed by atoms with E-state index in [2.05, 4.69) is 9.97 Å². The van der Waals surface area contributed by atoms with Gasteiger partial charge in [0.05, 0.1) is 18.5 Å². The van der Waals surface area contributed by atoms with Gasteiger partial charge < -0.3 is 9.84 Å². The van der Waals surface area contributed by atoms with Crippen LogP contribution in [-0.2, 0) is 4.74 Å². The number of nitrogens with zero attached hydrogens (tertiary/aromatic N) is 2. The van der Waals surface area contributed by atoms with Gasteiger partial charge in [0.2, 0.25) is 0 Å². The van der Waals surface area contributed by atoms with Crippen molar-refractivity contribution in [3.63, 3.8) is 0 Å². The predicted molar refractivity (Wildman–Crippen MR) is 75.4 cm³/mol. The van der Waals surface area contributed by atoms with Crippen LogP contribution in [0.1, 0.15) is 27.9 Å². The predicted octanol–water partition coefficient (Wildman–Crippen LogP) is 2.67. The Balaban J connectivity index is 2.50. The number of carboxylic acids is 1. The molecule has 0 spiro atoms. The van der Waals surface area contributed by atoms with Gasteiger partial charge in [-0.15, -0.1) is 0 Å². The summed E-state index contributed by atoms with van der Waals surface area (Å²) in [6, 6.07) is 6.71. The van der Waals surface area contributed by atoms with Gasteiger partial charge in [0.25, 0.3) is 0 Å². The van der Waals surface area contributed by atoms with Crippen molar-refractivity contribution in [1.82, 2.24) is 9.97 Å². The van der Waals surface area contributed by atoms with E-state index in [0.29, 0.717) is 16.3 Å². The van der Waals surface area contributed by atoms with Gasteiger partial charge >= 0.3 is 11.9 Å². The van der Waals surface area contributed by atoms with Crippen molar-refractivity contribution in [3.05, 3.63) is 46.9 Å². The maximum absolute atomic E-state index is 11.8. The lowest BCUT2D eigenvalue weighted by Gasteiger charge is -2.07. The summed E-state index contributed by atoms with van der Waals surface area (Å²) in [5.41, 5.74) is 0.261. The summed E-state index contributed by atoms with van der Waals surface area (Å²) in [7, 11) is 0. The fourth-order valence-corrected chi connectivity index (χ4v) is 1.77. The lowest BCUT2D eigenvalue weighted by atomic mass is 10.1. The molecule has 2 aromatic rings. The highest BCUT2D eigenvalue weighted by atomic mass is 35.5. The molecule has 0 atom stereocenters. The Bertz CT molecular complexity index is 686. The van der Waals surface area contributed by atoms with Crippen molar-refractivity contribution in [2.24, 2.45) is 0 Å². The lowest BCUT2D eigenvalue weighted by molar-refractivity contribution is 0.0505. The number of hydrogen-bond acceptors (Lipinski definition) is 5. The average Bonchev–Trinajstić information content (AvgIpc) is 2.47. The quantitative estimate of drug-likeness (QED) is 0.873. The molecule has 0 bridgehead atoms. The topological polar surface area (TPSA) is 89.4 Å². The Labute approximate surface area is 125 Å². The Morgan fingerprint density at radius 2 is 1.90 bits per heavy atom. The molecule has 0 amide bonds. The third-order valence-corrected chi connectivity index (χ3v) is 2.84. The summed E-state index contributed by atoms with van der Waals surface area (Å²) in [6.07, 6.45) is 1.29. The molecular formula is C14H11ClN2O4. The number of hydrogen-bond donors (Lipinski definition) is 1. The number of carbonyl (C=O) groups excluding carboxylic acids is 1. The molecule has 0 radical (unpaired) electrons. The molecule has 7 heteroatoms. The Kier molecular flexibility index (Phi) is 4.49. The van der Waals surface area contributed by atoms with E-state index in [9.17, 15) is 9.59 Å². The third kappa shape index (κ3) is 3.35. The van der Waals surface area contributed by atoms with Crippen LogP contribution >= 0.6 is 11.6 Å². The fraction of sp³-hybridized carbons (Fsp3) is 0.143. The second-order valence-electron chi connectivity index (χ2n) is 3.98. The Hall–Kier alpha value is -2.47. The zero-order valence-corrected chi connectivity index (χ0v) is 11.8. The highest BCUT2D eigenvalue weighted by Gasteiger charge is 2.22. The van der Waals surface area contributed by atoms with E-state index in [-0.39, 0.29) is 12.3 Å². The molecule has 1 N–H and O–H groups in total. The summed E-state index contributed by atoms with van der Waals surface area (Å²) >= 11 is 5.80. The largest absolute Gasteiger partial charge is 0.476 e. The zero-order valence-electron chi connectivity index (χ0n) is 11.0. The first-order valence-corrected chi connectivity index (χ1v) is 6.44. The molecule has 2 rings (SSSR count). The minimum Gasteiger partial charge on any atom is -0.476 e. The van der Waals surface area contributed by atoms with Crippen LogP contribution in [0.15, 0.2) is 30.5 Å². The van der Waals surface area contributed by atoms with E-state index in [0.717, 1.165) is 0 Å². The molecule has 1 heterocycles. The van der Waals surface area contributed by atoms with Crippen LogP contribution in [0, 0.1) is 0 Å². The van der Waals surface area contributed by atoms with Gasteiger partial charge in [0.1, 0.15) is 0 Å². The monoisotopic (exact) mass is 306 g/mol. The third-order valence-electron chi connectivity index (χ3n) is 2.58. The van der Waals surface area contributed by atoms with E-state index in [1.54, 1.807) is 31.2 Å². The molecule has 108 valence electrons. The second kappa shape index (κ2) is 6.32. The summed E-state index contributed by atoms with van der Waals surface area (Å²) in [6.45, 7) is 1.74. The Morgan fingerprint density at radius 1 is 1.24 bits per heavy atom. The van der Waals surface area contributed by atoms with Crippen molar-refractivity contribution in [2.45, 2.75) is 6.92 Å². The van der Waals surface area contributed by atoms with E-state index >= 15 is 0 Å². The smallest absolute Gasteiger partial charge is 0.359 e. The molecular weight excluding hydrogens is 296 g/mol. The summed E-state index contributed by atoms with van der Waals surface area (Å²) in [5.74, 6) is -2.16. The van der Waals surface area contributed by atoms with Gasteiger partial charge in [-0.3, -0.25) is 0 Å². The van der Waals surface area contributed by atoms with Gasteiger partial charge in [-0.1, -0.05) is 23.7 Å². The van der Waals surface area contributed by atoms with Crippen molar-refractivity contribution < 1.29 is 19.4 Å². The van der Waals surface area contributed by atoms with Crippen molar-refractivity contribution in [2.75, 3.05) is 6.61 Å². The van der Waals surface area contributed by atoms with Crippen LogP contribution in [0.3, 0.4) is 0 Å². The highest BCUT2D eigenvalue weighted by Crippen LogP contribution is 2.20. The molecule has 1 aromatic carbocycles. The summed E-state index contributed by atoms with van der Waals surface area (Å²) in [4.78, 5) is 30.7. The van der Waals surface area contributed by atoms with Gasteiger partial charge in [-0.25, -0.2) is 19.6 Å². The lowest BCUT2D eigenvalue weighted by Crippen LogP contribution is -2.16. The van der Waals surface area contributed by atoms with Crippen LogP contribution in [0.25, 0.3) is 11.3 Å². The van der Waals surface area contributed by atoms with Crippen LogP contribution in [-0.4, -0.2) is 33.6 Å². The molecule has 0 saturated carbocycles. The van der Waals surface area contributed by atoms with Crippen molar-refractivity contribution in [1.29, 1.82) is 0 Å². The van der Waals surface area contributed by atoms with Crippen molar-refractivity contribution in [3.8, 4) is 11.3 Å². The molecule has 0 aliphatic rings. The van der Waals surface area contributed by atoms with Crippen LogP contribution in [0.2, 0.25) is 5.02 Å². The first-order valence-electron chi connectivity index (χ1n) is 6.06. The number of halogens is 1. The zero-order chi connectivity index (χ0) is 15.4. The molecule has 21 heavy (non-hydrogen) atoms. The number of rotatable bonds is 4. The van der Waals surface area contributed by atoms with Gasteiger partial charge in [0, 0.05) is 10.6 Å². The van der Waals surface area contributed by atoms with Gasteiger partial charge in [-0.05, 0) is 19.1 Å². The highest BCUT2D eigenvalue weighted by molar-refractivity contribution is 6.30. The van der Waals surface area contributed by atoms with E-state index in [4.69, 9.17) is 21.4 Å². The number of esters is 1. The Morgan fingerprint density at radius 3 is 2.48 bits per heavy atom. The minimum atomic E-state index is -1.34. The standard InChI is InChI=1S/C14H11ClN2O4/c1-2-21-14(20)12-11(13(18)19)16-7-10(17-12)8-3-5-9(15)6-4-8/h3-7H,2H2,1H3,(H,18,19). The van der Waals surface area contributed by atoms with Crippen LogP contribution in [0.4, 0.5) is 0 Å². The van der Waals surface area contributed by atoms with Gasteiger partial charge in [-0.2, -0.15) is 0 Å². The molecule has 0 saturated heterocycles. The van der Waals surface area contributed by atoms with Crippen molar-refractivity contribution >= 4 is 23.5 Å². The first kappa shape index (κ1) is 14.9. The maximum Gasteiger partial charge on any atom is 0.359 e. The number of carboxylic acid groups (broad SMARTS) is 1. The number of aromatic carboxylic acids is 1. The minimum absolute atomic E-state index is 0.116. The molecule has 0 unspecified atom stereocenters. The SMILES string of the molecule is CCOC(=O)c1nc(-c2ccc(Cl)cc2)cnc1C(=O)O. The summed E-state index contributed by atoms with van der Waals surface area (Å²) < 4.78 is 4.80. The fourth-order valence-electron chi connectivity index (χ4n) is 1.65.